The Hall–Kier alpha value is -2.24. The lowest BCUT2D eigenvalue weighted by molar-refractivity contribution is -0.140. The van der Waals surface area contributed by atoms with E-state index in [0.29, 0.717) is 5.92 Å². The van der Waals surface area contributed by atoms with Crippen molar-refractivity contribution < 1.29 is 4.79 Å². The summed E-state index contributed by atoms with van der Waals surface area (Å²) in [5.41, 5.74) is 1.35. The van der Waals surface area contributed by atoms with Crippen LogP contribution in [0, 0.1) is 11.3 Å². The number of piperidine rings is 1. The Morgan fingerprint density at radius 1 is 1.21 bits per heavy atom. The smallest absolute Gasteiger partial charge is 0.227 e. The molecule has 6 heteroatoms. The van der Waals surface area contributed by atoms with Gasteiger partial charge in [-0.2, -0.15) is 0 Å². The molecular formula is C18H25N5O. The molecule has 0 atom stereocenters. The Kier molecular flexibility index (Phi) is 4.64. The molecule has 0 unspecified atom stereocenters. The maximum atomic E-state index is 12.3. The molecule has 2 aromatic rings. The molecule has 0 radical (unpaired) electrons. The summed E-state index contributed by atoms with van der Waals surface area (Å²) in [4.78, 5) is 18.6. The number of carbonyl (C=O) groups is 1. The van der Waals surface area contributed by atoms with Gasteiger partial charge in [0.15, 0.2) is 0 Å². The van der Waals surface area contributed by atoms with Crippen molar-refractivity contribution in [2.24, 2.45) is 11.3 Å². The van der Waals surface area contributed by atoms with Crippen molar-refractivity contribution in [2.75, 3.05) is 13.1 Å². The first-order valence-corrected chi connectivity index (χ1v) is 8.54. The van der Waals surface area contributed by atoms with Crippen LogP contribution in [0.15, 0.2) is 30.6 Å². The Labute approximate surface area is 142 Å². The lowest BCUT2D eigenvalue weighted by Crippen LogP contribution is -2.44. The van der Waals surface area contributed by atoms with Gasteiger partial charge in [0.05, 0.1) is 11.9 Å². The van der Waals surface area contributed by atoms with Crippen molar-refractivity contribution >= 4 is 5.91 Å². The Balaban J connectivity index is 1.56. The molecule has 1 aliphatic heterocycles. The maximum Gasteiger partial charge on any atom is 0.227 e. The minimum atomic E-state index is -0.295. The molecule has 0 N–H and O–H groups in total. The van der Waals surface area contributed by atoms with Crippen LogP contribution in [0.3, 0.4) is 0 Å². The second kappa shape index (κ2) is 6.71. The first-order valence-electron chi connectivity index (χ1n) is 8.54. The molecule has 0 saturated carbocycles. The van der Waals surface area contributed by atoms with Crippen molar-refractivity contribution in [3.63, 3.8) is 0 Å². The largest absolute Gasteiger partial charge is 0.342 e. The molecule has 0 aromatic carbocycles. The minimum absolute atomic E-state index is 0.249. The number of hydrogen-bond donors (Lipinski definition) is 0. The number of likely N-dealkylation sites (tertiary alicyclic amines) is 1. The van der Waals surface area contributed by atoms with Crippen LogP contribution in [0.2, 0.25) is 0 Å². The van der Waals surface area contributed by atoms with Gasteiger partial charge < -0.3 is 4.90 Å². The number of aromatic nitrogens is 4. The van der Waals surface area contributed by atoms with Gasteiger partial charge in [-0.05, 0) is 30.9 Å². The Bertz CT molecular complexity index is 681. The number of carbonyl (C=O) groups excluding carboxylic acids is 1. The predicted octanol–water partition coefficient (Wildman–Crippen LogP) is 2.62. The van der Waals surface area contributed by atoms with Crippen molar-refractivity contribution in [3.05, 3.63) is 30.6 Å². The normalized spacial score (nSPS) is 16.4. The van der Waals surface area contributed by atoms with E-state index in [-0.39, 0.29) is 11.3 Å². The van der Waals surface area contributed by atoms with Crippen LogP contribution < -0.4 is 0 Å². The van der Waals surface area contributed by atoms with Crippen molar-refractivity contribution in [1.29, 1.82) is 0 Å². The topological polar surface area (TPSA) is 63.9 Å². The van der Waals surface area contributed by atoms with E-state index >= 15 is 0 Å². The molecule has 3 rings (SSSR count). The zero-order chi connectivity index (χ0) is 17.2. The molecule has 1 amide bonds. The second-order valence-electron chi connectivity index (χ2n) is 7.53. The third-order valence-corrected chi connectivity index (χ3v) is 4.45. The van der Waals surface area contributed by atoms with Gasteiger partial charge in [-0.3, -0.25) is 14.5 Å². The fourth-order valence-corrected chi connectivity index (χ4v) is 3.08. The third kappa shape index (κ3) is 3.80. The number of amides is 1. The van der Waals surface area contributed by atoms with E-state index in [1.165, 1.54) is 0 Å². The number of hydrogen-bond acceptors (Lipinski definition) is 4. The van der Waals surface area contributed by atoms with Gasteiger partial charge in [0.1, 0.15) is 5.69 Å². The van der Waals surface area contributed by atoms with Crippen LogP contribution in [-0.2, 0) is 11.3 Å². The zero-order valence-electron chi connectivity index (χ0n) is 14.6. The highest BCUT2D eigenvalue weighted by atomic mass is 16.2. The molecule has 0 aliphatic carbocycles. The van der Waals surface area contributed by atoms with Crippen LogP contribution in [0.25, 0.3) is 11.4 Å². The summed E-state index contributed by atoms with van der Waals surface area (Å²) in [6.45, 7) is 8.46. The molecule has 1 saturated heterocycles. The summed E-state index contributed by atoms with van der Waals surface area (Å²) >= 11 is 0. The van der Waals surface area contributed by atoms with E-state index in [0.717, 1.165) is 43.9 Å². The number of nitrogens with zero attached hydrogens (tertiary/aromatic N) is 5. The van der Waals surface area contributed by atoms with Gasteiger partial charge in [0, 0.05) is 31.2 Å². The summed E-state index contributed by atoms with van der Waals surface area (Å²) in [6.07, 6.45) is 5.74. The first kappa shape index (κ1) is 16.6. The van der Waals surface area contributed by atoms with Gasteiger partial charge in [0.2, 0.25) is 5.91 Å². The van der Waals surface area contributed by atoms with E-state index in [4.69, 9.17) is 0 Å². The van der Waals surface area contributed by atoms with E-state index in [1.807, 2.05) is 54.7 Å². The molecular weight excluding hydrogens is 302 g/mol. The number of pyridine rings is 1. The van der Waals surface area contributed by atoms with E-state index in [2.05, 4.69) is 15.3 Å². The van der Waals surface area contributed by atoms with Crippen LogP contribution in [0.4, 0.5) is 0 Å². The summed E-state index contributed by atoms with van der Waals surface area (Å²) in [5.74, 6) is 0.784. The molecule has 0 bridgehead atoms. The zero-order valence-corrected chi connectivity index (χ0v) is 14.6. The highest BCUT2D eigenvalue weighted by molar-refractivity contribution is 5.81. The maximum absolute atomic E-state index is 12.3. The summed E-state index contributed by atoms with van der Waals surface area (Å²) in [6, 6.07) is 5.77. The van der Waals surface area contributed by atoms with Crippen molar-refractivity contribution in [1.82, 2.24) is 24.9 Å². The molecule has 2 aromatic heterocycles. The fraction of sp³-hybridized carbons (Fsp3) is 0.556. The average molecular weight is 327 g/mol. The van der Waals surface area contributed by atoms with Crippen LogP contribution in [0.1, 0.15) is 33.6 Å². The van der Waals surface area contributed by atoms with Crippen LogP contribution >= 0.6 is 0 Å². The van der Waals surface area contributed by atoms with E-state index < -0.39 is 0 Å². The molecule has 1 aliphatic rings. The Morgan fingerprint density at radius 2 is 1.96 bits per heavy atom. The van der Waals surface area contributed by atoms with Gasteiger partial charge >= 0.3 is 0 Å². The third-order valence-electron chi connectivity index (χ3n) is 4.45. The minimum Gasteiger partial charge on any atom is -0.342 e. The molecule has 3 heterocycles. The number of rotatable bonds is 3. The molecule has 128 valence electrons. The lowest BCUT2D eigenvalue weighted by atomic mass is 9.91. The van der Waals surface area contributed by atoms with Gasteiger partial charge in [-0.25, -0.2) is 0 Å². The first-order chi connectivity index (χ1) is 11.4. The van der Waals surface area contributed by atoms with Gasteiger partial charge in [0.25, 0.3) is 0 Å². The van der Waals surface area contributed by atoms with Crippen LogP contribution in [0.5, 0.6) is 0 Å². The SMILES string of the molecule is CC(C)(C)C(=O)N1CCC(Cn2cc(-c3ccccn3)nn2)CC1. The molecule has 24 heavy (non-hydrogen) atoms. The highest BCUT2D eigenvalue weighted by Crippen LogP contribution is 2.24. The standard InChI is InChI=1S/C18H25N5O/c1-18(2,3)17(24)22-10-7-14(8-11-22)12-23-13-16(20-21-23)15-6-4-5-9-19-15/h4-6,9,13-14H,7-8,10-12H2,1-3H3. The highest BCUT2D eigenvalue weighted by Gasteiger charge is 2.30. The van der Waals surface area contributed by atoms with E-state index in [1.54, 1.807) is 6.20 Å². The summed E-state index contributed by atoms with van der Waals surface area (Å²) in [5, 5.41) is 8.44. The fourth-order valence-electron chi connectivity index (χ4n) is 3.08. The van der Waals surface area contributed by atoms with Gasteiger partial charge in [-0.15, -0.1) is 5.10 Å². The van der Waals surface area contributed by atoms with Crippen LogP contribution in [-0.4, -0.2) is 43.9 Å². The lowest BCUT2D eigenvalue weighted by Gasteiger charge is -2.35. The van der Waals surface area contributed by atoms with Crippen molar-refractivity contribution in [3.8, 4) is 11.4 Å². The summed E-state index contributed by atoms with van der Waals surface area (Å²) < 4.78 is 1.90. The molecule has 0 spiro atoms. The monoisotopic (exact) mass is 327 g/mol. The molecule has 1 fully saturated rings. The average Bonchev–Trinajstić information content (AvgIpc) is 3.03. The van der Waals surface area contributed by atoms with E-state index in [9.17, 15) is 4.79 Å². The predicted molar refractivity (Wildman–Crippen MR) is 92.0 cm³/mol. The second-order valence-corrected chi connectivity index (χ2v) is 7.53. The van der Waals surface area contributed by atoms with Gasteiger partial charge in [-0.1, -0.05) is 32.1 Å². The molecule has 6 nitrogen and oxygen atoms in total. The Morgan fingerprint density at radius 3 is 2.58 bits per heavy atom. The summed E-state index contributed by atoms with van der Waals surface area (Å²) in [7, 11) is 0. The van der Waals surface area contributed by atoms with Crippen molar-refractivity contribution in [2.45, 2.75) is 40.2 Å². The quantitative estimate of drug-likeness (QED) is 0.869.